The zero-order chi connectivity index (χ0) is 63.4. The van der Waals surface area contributed by atoms with Crippen molar-refractivity contribution in [2.24, 2.45) is 0 Å². The average Bonchev–Trinajstić information content (AvgIpc) is 1.54. The molecule has 16 aromatic rings. The number of alkyl halides is 3. The van der Waals surface area contributed by atoms with Crippen molar-refractivity contribution in [3.8, 4) is 124 Å². The lowest BCUT2D eigenvalue weighted by Gasteiger charge is -2.20. The zero-order valence-corrected chi connectivity index (χ0v) is 50.0. The Morgan fingerprint density at radius 1 is 0.287 bits per heavy atom. The Hall–Kier alpha value is -12.8. The molecule has 0 spiro atoms. The van der Waals surface area contributed by atoms with E-state index < -0.39 is 11.7 Å². The second-order valence-corrected chi connectivity index (χ2v) is 23.1. The third-order valence-corrected chi connectivity index (χ3v) is 17.6. The predicted molar refractivity (Wildman–Crippen MR) is 370 cm³/mol. The maximum absolute atomic E-state index is 15.5. The largest absolute Gasteiger partial charge is 0.416 e. The molecule has 94 heavy (non-hydrogen) atoms. The van der Waals surface area contributed by atoms with Crippen molar-refractivity contribution in [3.05, 3.63) is 314 Å². The Kier molecular flexibility index (Phi) is 13.9. The molecule has 6 aromatic heterocycles. The van der Waals surface area contributed by atoms with Crippen LogP contribution in [0.2, 0.25) is 0 Å². The minimum Gasteiger partial charge on any atom is -0.309 e. The van der Waals surface area contributed by atoms with Crippen molar-refractivity contribution >= 4 is 43.6 Å². The van der Waals surface area contributed by atoms with Gasteiger partial charge < -0.3 is 9.13 Å². The van der Waals surface area contributed by atoms with Crippen LogP contribution in [0.3, 0.4) is 0 Å². The quantitative estimate of drug-likeness (QED) is 0.128. The molecule has 0 bridgehead atoms. The predicted octanol–water partition coefficient (Wildman–Crippen LogP) is 21.2. The van der Waals surface area contributed by atoms with Crippen molar-refractivity contribution in [2.45, 2.75) is 6.18 Å². The summed E-state index contributed by atoms with van der Waals surface area (Å²) in [7, 11) is 0. The van der Waals surface area contributed by atoms with Crippen molar-refractivity contribution in [1.29, 1.82) is 10.5 Å². The van der Waals surface area contributed by atoms with Crippen LogP contribution in [0.25, 0.3) is 156 Å². The van der Waals surface area contributed by atoms with Crippen LogP contribution in [0, 0.1) is 22.7 Å². The normalized spacial score (nSPS) is 11.5. The molecule has 0 aliphatic rings. The molecule has 0 unspecified atom stereocenters. The smallest absolute Gasteiger partial charge is 0.309 e. The van der Waals surface area contributed by atoms with Crippen LogP contribution in [0.4, 0.5) is 13.2 Å². The molecule has 8 nitrogen and oxygen atoms in total. The minimum absolute atomic E-state index is 0.111. The molecule has 0 radical (unpaired) electrons. The topological polar surface area (TPSA) is 109 Å². The molecule has 0 atom stereocenters. The van der Waals surface area contributed by atoms with Gasteiger partial charge in [-0.1, -0.05) is 194 Å². The van der Waals surface area contributed by atoms with Crippen LogP contribution < -0.4 is 0 Å². The molecule has 0 aliphatic carbocycles. The number of nitrogens with zero attached hydrogens (tertiary/aromatic N) is 8. The molecule has 0 saturated carbocycles. The Morgan fingerprint density at radius 3 is 0.947 bits per heavy atom. The minimum atomic E-state index is -4.84. The van der Waals surface area contributed by atoms with Crippen LogP contribution in [0.5, 0.6) is 0 Å². The Balaban J connectivity index is 1.03. The van der Waals surface area contributed by atoms with E-state index in [0.717, 1.165) is 134 Å². The van der Waals surface area contributed by atoms with E-state index in [9.17, 15) is 10.5 Å². The Labute approximate surface area is 538 Å². The van der Waals surface area contributed by atoms with Crippen molar-refractivity contribution in [2.75, 3.05) is 0 Å². The summed E-state index contributed by atoms with van der Waals surface area (Å²) in [4.78, 5) is 19.6. The second-order valence-electron chi connectivity index (χ2n) is 23.1. The summed E-state index contributed by atoms with van der Waals surface area (Å²) in [6.07, 6.45) is 2.25. The number of nitriles is 2. The fourth-order valence-electron chi connectivity index (χ4n) is 13.4. The molecule has 10 aromatic carbocycles. The standard InChI is InChI=1S/C83H49F3N8/c84-83(85,86)63-42-52(50-87)41-61(43-63)72-49-73(93-74-44-57(64-25-13-37-89-79(64)53-17-5-1-6-18-53)29-33-68(74)69-34-30-58(45-75(69)93)65-26-14-38-90-80(65)54-19-7-2-8-20-54)62(51-88)48-78(72)94-76-46-59(66-27-15-39-91-81(66)55-21-9-3-10-22-55)31-35-70(76)71-36-32-60(47-77(71)94)67-28-16-40-92-82(67)56-23-11-4-12-24-56/h1-49H. The van der Waals surface area contributed by atoms with Crippen LogP contribution in [0.1, 0.15) is 16.7 Å². The third kappa shape index (κ3) is 9.89. The van der Waals surface area contributed by atoms with Gasteiger partial charge in [0.25, 0.3) is 0 Å². The first-order chi connectivity index (χ1) is 46.2. The molecule has 0 fully saturated rings. The Bertz CT molecular complexity index is 5470. The molecule has 442 valence electrons. The third-order valence-electron chi connectivity index (χ3n) is 17.6. The molecule has 6 heterocycles. The number of pyridine rings is 4. The highest BCUT2D eigenvalue weighted by molar-refractivity contribution is 6.14. The van der Waals surface area contributed by atoms with Gasteiger partial charge in [0.15, 0.2) is 0 Å². The molecule has 0 amide bonds. The van der Waals surface area contributed by atoms with Crippen molar-refractivity contribution < 1.29 is 13.2 Å². The summed E-state index contributed by atoms with van der Waals surface area (Å²) in [6.45, 7) is 0. The first kappa shape index (κ1) is 56.4. The number of fused-ring (bicyclic) bond motifs is 6. The number of hydrogen-bond acceptors (Lipinski definition) is 6. The van der Waals surface area contributed by atoms with E-state index in [0.29, 0.717) is 28.0 Å². The molecule has 11 heteroatoms. The first-order valence-corrected chi connectivity index (χ1v) is 30.6. The van der Waals surface area contributed by atoms with Gasteiger partial charge in [0, 0.05) is 96.4 Å². The lowest BCUT2D eigenvalue weighted by atomic mass is 9.95. The highest BCUT2D eigenvalue weighted by Crippen LogP contribution is 2.47. The van der Waals surface area contributed by atoms with E-state index in [1.807, 2.05) is 176 Å². The maximum Gasteiger partial charge on any atom is 0.416 e. The Morgan fingerprint density at radius 2 is 0.628 bits per heavy atom. The van der Waals surface area contributed by atoms with Gasteiger partial charge in [0.2, 0.25) is 0 Å². The van der Waals surface area contributed by atoms with Gasteiger partial charge in [0.05, 0.1) is 79.0 Å². The lowest BCUT2D eigenvalue weighted by Crippen LogP contribution is -2.07. The number of rotatable bonds is 11. The van der Waals surface area contributed by atoms with E-state index in [1.165, 1.54) is 6.07 Å². The van der Waals surface area contributed by atoms with Crippen LogP contribution in [-0.4, -0.2) is 29.1 Å². The number of hydrogen-bond donors (Lipinski definition) is 0. The summed E-state index contributed by atoms with van der Waals surface area (Å²) >= 11 is 0. The van der Waals surface area contributed by atoms with Crippen molar-refractivity contribution in [1.82, 2.24) is 29.1 Å². The van der Waals surface area contributed by atoms with Gasteiger partial charge in [-0.05, 0) is 107 Å². The molecule has 0 N–H and O–H groups in total. The molecular formula is C83H49F3N8. The van der Waals surface area contributed by atoms with Crippen LogP contribution >= 0.6 is 0 Å². The first-order valence-electron chi connectivity index (χ1n) is 30.6. The van der Waals surface area contributed by atoms with Crippen LogP contribution in [0.15, 0.2) is 298 Å². The number of benzene rings is 10. The SMILES string of the molecule is N#Cc1cc(-c2cc(-n3c4cc(-c5cccnc5-c5ccccc5)ccc4c4ccc(-c5cccnc5-c5ccccc5)cc43)c(C#N)cc2-n2c3cc(-c4cccnc4-c4ccccc4)ccc3c3ccc(-c4cccnc4-c4ccccc4)cc32)cc(C(F)(F)F)c1. The second kappa shape index (κ2) is 23.2. The summed E-state index contributed by atoms with van der Waals surface area (Å²) < 4.78 is 50.7. The van der Waals surface area contributed by atoms with Crippen molar-refractivity contribution in [3.63, 3.8) is 0 Å². The number of aromatic nitrogens is 6. The zero-order valence-electron chi connectivity index (χ0n) is 50.0. The molecule has 16 rings (SSSR count). The van der Waals surface area contributed by atoms with Gasteiger partial charge >= 0.3 is 6.18 Å². The van der Waals surface area contributed by atoms with Gasteiger partial charge in [-0.3, -0.25) is 19.9 Å². The summed E-state index contributed by atoms with van der Waals surface area (Å²) in [5, 5.41) is 26.2. The number of halogens is 3. The monoisotopic (exact) mass is 1210 g/mol. The summed E-state index contributed by atoms with van der Waals surface area (Å²) in [5.41, 5.74) is 16.7. The fourth-order valence-corrected chi connectivity index (χ4v) is 13.4. The maximum atomic E-state index is 15.5. The van der Waals surface area contributed by atoms with Gasteiger partial charge in [0.1, 0.15) is 6.07 Å². The highest BCUT2D eigenvalue weighted by atomic mass is 19.4. The van der Waals surface area contributed by atoms with E-state index >= 15 is 13.2 Å². The van der Waals surface area contributed by atoms with E-state index in [1.54, 1.807) is 30.9 Å². The highest BCUT2D eigenvalue weighted by Gasteiger charge is 2.33. The summed E-state index contributed by atoms with van der Waals surface area (Å²) in [5.74, 6) is 0. The lowest BCUT2D eigenvalue weighted by molar-refractivity contribution is -0.137. The molecular weight excluding hydrogens is 1170 g/mol. The van der Waals surface area contributed by atoms with Gasteiger partial charge in [-0.2, -0.15) is 23.7 Å². The van der Waals surface area contributed by atoms with Gasteiger partial charge in [-0.25, -0.2) is 0 Å². The van der Waals surface area contributed by atoms with Crippen LogP contribution in [-0.2, 0) is 6.18 Å². The van der Waals surface area contributed by atoms with E-state index in [2.05, 4.69) is 94.1 Å². The fraction of sp³-hybridized carbons (Fsp3) is 0.0120. The van der Waals surface area contributed by atoms with Gasteiger partial charge in [-0.15, -0.1) is 0 Å². The molecule has 0 aliphatic heterocycles. The average molecular weight is 1220 g/mol. The molecule has 0 saturated heterocycles. The van der Waals surface area contributed by atoms with E-state index in [-0.39, 0.29) is 16.7 Å². The summed E-state index contributed by atoms with van der Waals surface area (Å²) in [6, 6.07) is 92.5. The van der Waals surface area contributed by atoms with E-state index in [4.69, 9.17) is 19.9 Å².